The second kappa shape index (κ2) is 8.48. The Morgan fingerprint density at radius 3 is 2.73 bits per heavy atom. The average Bonchev–Trinajstić information content (AvgIpc) is 3.43. The second-order valence-corrected chi connectivity index (χ2v) is 8.33. The number of benzene rings is 1. The molecule has 1 saturated heterocycles. The summed E-state index contributed by atoms with van der Waals surface area (Å²) in [6.07, 6.45) is 7.61. The number of anilines is 1. The minimum Gasteiger partial charge on any atom is -0.468 e. The van der Waals surface area contributed by atoms with Gasteiger partial charge in [0, 0.05) is 18.0 Å². The van der Waals surface area contributed by atoms with E-state index in [2.05, 4.69) is 15.5 Å². The minimum atomic E-state index is -0.0160. The van der Waals surface area contributed by atoms with Crippen molar-refractivity contribution in [2.45, 2.75) is 44.2 Å². The van der Waals surface area contributed by atoms with Gasteiger partial charge in [-0.2, -0.15) is 0 Å². The van der Waals surface area contributed by atoms with Gasteiger partial charge in [-0.25, -0.2) is 4.98 Å². The SMILES string of the molecule is O=C(NC1CC1)c1cc(NCC(c2ccco2)N2CCCCC2)nc2ccccc12. The molecular weight excluding hydrogens is 376 g/mol. The first kappa shape index (κ1) is 19.1. The van der Waals surface area contributed by atoms with Gasteiger partial charge in [-0.05, 0) is 63.0 Å². The number of carbonyl (C=O) groups excluding carboxylic acids is 1. The van der Waals surface area contributed by atoms with Crippen LogP contribution in [-0.2, 0) is 0 Å². The summed E-state index contributed by atoms with van der Waals surface area (Å²) in [6, 6.07) is 14.2. The topological polar surface area (TPSA) is 70.4 Å². The summed E-state index contributed by atoms with van der Waals surface area (Å²) in [5.41, 5.74) is 1.51. The maximum atomic E-state index is 12.8. The lowest BCUT2D eigenvalue weighted by atomic mass is 10.1. The van der Waals surface area contributed by atoms with E-state index in [1.165, 1.54) is 19.3 Å². The number of para-hydroxylation sites is 1. The molecule has 6 nitrogen and oxygen atoms in total. The highest BCUT2D eigenvalue weighted by molar-refractivity contribution is 6.07. The van der Waals surface area contributed by atoms with E-state index >= 15 is 0 Å². The summed E-state index contributed by atoms with van der Waals surface area (Å²) in [7, 11) is 0. The number of amides is 1. The number of likely N-dealkylation sites (tertiary alicyclic amines) is 1. The molecule has 1 aromatic carbocycles. The third-order valence-electron chi connectivity index (χ3n) is 6.05. The highest BCUT2D eigenvalue weighted by Gasteiger charge is 2.26. The Balaban J connectivity index is 1.40. The number of furan rings is 1. The van der Waals surface area contributed by atoms with Crippen molar-refractivity contribution in [3.63, 3.8) is 0 Å². The van der Waals surface area contributed by atoms with Gasteiger partial charge in [0.25, 0.3) is 5.91 Å². The van der Waals surface area contributed by atoms with Gasteiger partial charge in [-0.3, -0.25) is 9.69 Å². The summed E-state index contributed by atoms with van der Waals surface area (Å²) >= 11 is 0. The van der Waals surface area contributed by atoms with Crippen molar-refractivity contribution in [1.82, 2.24) is 15.2 Å². The number of rotatable bonds is 7. The molecule has 2 N–H and O–H groups in total. The molecule has 1 aliphatic carbocycles. The van der Waals surface area contributed by atoms with E-state index in [4.69, 9.17) is 9.40 Å². The third-order valence-corrected chi connectivity index (χ3v) is 6.05. The van der Waals surface area contributed by atoms with Gasteiger partial charge < -0.3 is 15.1 Å². The van der Waals surface area contributed by atoms with Crippen LogP contribution in [0.4, 0.5) is 5.82 Å². The zero-order valence-electron chi connectivity index (χ0n) is 17.1. The number of pyridine rings is 1. The zero-order chi connectivity index (χ0) is 20.3. The first-order valence-corrected chi connectivity index (χ1v) is 11.0. The molecule has 0 bridgehead atoms. The van der Waals surface area contributed by atoms with Crippen molar-refractivity contribution in [3.8, 4) is 0 Å². The number of aromatic nitrogens is 1. The molecule has 0 spiro atoms. The first-order chi connectivity index (χ1) is 14.8. The van der Waals surface area contributed by atoms with Crippen LogP contribution in [0.3, 0.4) is 0 Å². The first-order valence-electron chi connectivity index (χ1n) is 11.0. The maximum Gasteiger partial charge on any atom is 0.252 e. The molecule has 3 aromatic rings. The normalized spacial score (nSPS) is 18.3. The molecule has 2 fully saturated rings. The van der Waals surface area contributed by atoms with Crippen LogP contribution in [0.15, 0.2) is 53.1 Å². The molecular formula is C24H28N4O2. The van der Waals surface area contributed by atoms with E-state index < -0.39 is 0 Å². The molecule has 6 heteroatoms. The van der Waals surface area contributed by atoms with Gasteiger partial charge in [0.2, 0.25) is 0 Å². The van der Waals surface area contributed by atoms with Gasteiger partial charge in [-0.15, -0.1) is 0 Å². The van der Waals surface area contributed by atoms with Crippen molar-refractivity contribution in [2.75, 3.05) is 25.0 Å². The standard InChI is InChI=1S/C24H28N4O2/c29-24(26-17-10-11-17)19-15-23(27-20-8-3-2-7-18(19)20)25-16-21(22-9-6-14-30-22)28-12-4-1-5-13-28/h2-3,6-9,14-15,17,21H,1,4-5,10-13,16H2,(H,25,27)(H,26,29). The van der Waals surface area contributed by atoms with Crippen molar-refractivity contribution < 1.29 is 9.21 Å². The minimum absolute atomic E-state index is 0.0160. The number of nitrogens with zero attached hydrogens (tertiary/aromatic N) is 2. The van der Waals surface area contributed by atoms with E-state index in [0.717, 1.165) is 48.4 Å². The summed E-state index contributed by atoms with van der Waals surface area (Å²) < 4.78 is 5.75. The van der Waals surface area contributed by atoms with Crippen LogP contribution < -0.4 is 10.6 Å². The second-order valence-electron chi connectivity index (χ2n) is 8.33. The van der Waals surface area contributed by atoms with Gasteiger partial charge in [0.15, 0.2) is 0 Å². The third kappa shape index (κ3) is 4.19. The van der Waals surface area contributed by atoms with E-state index in [1.807, 2.05) is 42.5 Å². The fourth-order valence-corrected chi connectivity index (χ4v) is 4.27. The van der Waals surface area contributed by atoms with Crippen LogP contribution in [0, 0.1) is 0 Å². The Morgan fingerprint density at radius 1 is 1.13 bits per heavy atom. The smallest absolute Gasteiger partial charge is 0.252 e. The molecule has 3 heterocycles. The highest BCUT2D eigenvalue weighted by Crippen LogP contribution is 2.27. The van der Waals surface area contributed by atoms with Gasteiger partial charge in [0.05, 0.1) is 23.4 Å². The quantitative estimate of drug-likeness (QED) is 0.612. The van der Waals surface area contributed by atoms with Gasteiger partial charge in [0.1, 0.15) is 11.6 Å². The Hall–Kier alpha value is -2.86. The number of nitrogens with one attached hydrogen (secondary N) is 2. The van der Waals surface area contributed by atoms with Crippen LogP contribution in [0.1, 0.15) is 54.3 Å². The van der Waals surface area contributed by atoms with Crippen molar-refractivity contribution in [1.29, 1.82) is 0 Å². The van der Waals surface area contributed by atoms with Crippen molar-refractivity contribution in [3.05, 3.63) is 60.1 Å². The molecule has 2 aliphatic rings. The summed E-state index contributed by atoms with van der Waals surface area (Å²) in [5.74, 6) is 1.68. The molecule has 30 heavy (non-hydrogen) atoms. The van der Waals surface area contributed by atoms with E-state index in [-0.39, 0.29) is 11.9 Å². The van der Waals surface area contributed by atoms with Crippen LogP contribution >= 0.6 is 0 Å². The van der Waals surface area contributed by atoms with Gasteiger partial charge >= 0.3 is 0 Å². The monoisotopic (exact) mass is 404 g/mol. The number of hydrogen-bond donors (Lipinski definition) is 2. The number of piperidine rings is 1. The molecule has 1 aliphatic heterocycles. The molecule has 0 radical (unpaired) electrons. The zero-order valence-corrected chi connectivity index (χ0v) is 17.1. The Bertz CT molecular complexity index is 1010. The van der Waals surface area contributed by atoms with E-state index in [1.54, 1.807) is 6.26 Å². The largest absolute Gasteiger partial charge is 0.468 e. The fraction of sp³-hybridized carbons (Fsp3) is 0.417. The summed E-state index contributed by atoms with van der Waals surface area (Å²) in [4.78, 5) is 20.1. The lowest BCUT2D eigenvalue weighted by molar-refractivity contribution is 0.0952. The molecule has 156 valence electrons. The summed E-state index contributed by atoms with van der Waals surface area (Å²) in [6.45, 7) is 2.84. The lowest BCUT2D eigenvalue weighted by Crippen LogP contribution is -2.37. The van der Waals surface area contributed by atoms with E-state index in [9.17, 15) is 4.79 Å². The molecule has 1 unspecified atom stereocenters. The summed E-state index contributed by atoms with van der Waals surface area (Å²) in [5, 5.41) is 7.49. The van der Waals surface area contributed by atoms with Crippen LogP contribution in [0.2, 0.25) is 0 Å². The predicted octanol–water partition coefficient (Wildman–Crippen LogP) is 4.36. The maximum absolute atomic E-state index is 12.8. The van der Waals surface area contributed by atoms with Crippen LogP contribution in [0.5, 0.6) is 0 Å². The molecule has 1 atom stereocenters. The predicted molar refractivity (Wildman–Crippen MR) is 118 cm³/mol. The van der Waals surface area contributed by atoms with E-state index in [0.29, 0.717) is 18.2 Å². The number of fused-ring (bicyclic) bond motifs is 1. The van der Waals surface area contributed by atoms with Crippen molar-refractivity contribution >= 4 is 22.6 Å². The molecule has 5 rings (SSSR count). The Kier molecular flexibility index (Phi) is 5.41. The van der Waals surface area contributed by atoms with Gasteiger partial charge in [-0.1, -0.05) is 24.6 Å². The molecule has 1 amide bonds. The number of hydrogen-bond acceptors (Lipinski definition) is 5. The average molecular weight is 405 g/mol. The van der Waals surface area contributed by atoms with Crippen LogP contribution in [0.25, 0.3) is 10.9 Å². The fourth-order valence-electron chi connectivity index (χ4n) is 4.27. The number of carbonyl (C=O) groups is 1. The van der Waals surface area contributed by atoms with Crippen molar-refractivity contribution in [2.24, 2.45) is 0 Å². The lowest BCUT2D eigenvalue weighted by Gasteiger charge is -2.33. The molecule has 1 saturated carbocycles. The Morgan fingerprint density at radius 2 is 1.97 bits per heavy atom. The van der Waals surface area contributed by atoms with Crippen LogP contribution in [-0.4, -0.2) is 41.5 Å². The highest BCUT2D eigenvalue weighted by atomic mass is 16.3. The molecule has 2 aromatic heterocycles. The Labute approximate surface area is 176 Å².